The fourth-order valence-corrected chi connectivity index (χ4v) is 5.16. The van der Waals surface area contributed by atoms with Gasteiger partial charge in [0.05, 0.1) is 0 Å². The molecule has 0 fully saturated rings. The average molecular weight is 561 g/mol. The molecule has 4 aromatic carbocycles. The number of hydrogen-bond acceptors (Lipinski definition) is 4. The summed E-state index contributed by atoms with van der Waals surface area (Å²) in [5, 5.41) is 0. The van der Waals surface area contributed by atoms with Gasteiger partial charge in [-0.2, -0.15) is 0 Å². The molecule has 5 rings (SSSR count). The summed E-state index contributed by atoms with van der Waals surface area (Å²) in [5.41, 5.74) is 10.8. The molecule has 0 amide bonds. The van der Waals surface area contributed by atoms with Gasteiger partial charge in [0.15, 0.2) is 0 Å². The fraction of sp³-hybridized carbons (Fsp3) is 0.263. The van der Waals surface area contributed by atoms with Gasteiger partial charge in [0, 0.05) is 12.8 Å². The molecule has 0 unspecified atom stereocenters. The maximum Gasteiger partial charge on any atom is 0.123 e. The molecule has 0 atom stereocenters. The summed E-state index contributed by atoms with van der Waals surface area (Å²) in [6.45, 7) is 18.4. The van der Waals surface area contributed by atoms with Crippen LogP contribution in [0.2, 0.25) is 0 Å². The molecule has 0 saturated carbocycles. The number of hydrogen-bond donors (Lipinski definition) is 0. The molecular formula is C38H40O4. The van der Waals surface area contributed by atoms with Crippen molar-refractivity contribution in [3.63, 3.8) is 0 Å². The Labute approximate surface area is 250 Å². The predicted molar refractivity (Wildman–Crippen MR) is 171 cm³/mol. The van der Waals surface area contributed by atoms with Gasteiger partial charge in [-0.1, -0.05) is 83.9 Å². The van der Waals surface area contributed by atoms with E-state index in [4.69, 9.17) is 18.9 Å². The Morgan fingerprint density at radius 1 is 0.405 bits per heavy atom. The summed E-state index contributed by atoms with van der Waals surface area (Å²) < 4.78 is 25.3. The second kappa shape index (κ2) is 13.0. The SMILES string of the molecule is C=C1COc2ccc(C)cc2Cc2cc(C)ccc2OCC(=C)COc2ccc(C)cc2Cc2cc(C)ccc2OC1. The molecule has 1 heterocycles. The maximum absolute atomic E-state index is 6.31. The molecule has 0 radical (unpaired) electrons. The minimum atomic E-state index is 0.365. The highest BCUT2D eigenvalue weighted by Gasteiger charge is 2.15. The first-order valence-electron chi connectivity index (χ1n) is 14.5. The Morgan fingerprint density at radius 3 is 0.881 bits per heavy atom. The summed E-state index contributed by atoms with van der Waals surface area (Å²) in [5.74, 6) is 3.35. The van der Waals surface area contributed by atoms with Crippen molar-refractivity contribution in [3.05, 3.63) is 142 Å². The monoisotopic (exact) mass is 560 g/mol. The molecule has 1 aliphatic heterocycles. The van der Waals surface area contributed by atoms with Crippen LogP contribution in [0.15, 0.2) is 97.1 Å². The number of benzene rings is 4. The third kappa shape index (κ3) is 7.44. The third-order valence-electron chi connectivity index (χ3n) is 7.35. The second-order valence-electron chi connectivity index (χ2n) is 11.5. The van der Waals surface area contributed by atoms with E-state index in [1.807, 2.05) is 24.3 Å². The minimum absolute atomic E-state index is 0.365. The van der Waals surface area contributed by atoms with E-state index in [9.17, 15) is 0 Å². The van der Waals surface area contributed by atoms with Gasteiger partial charge in [-0.25, -0.2) is 0 Å². The molecule has 0 saturated heterocycles. The lowest BCUT2D eigenvalue weighted by Crippen LogP contribution is -2.12. The number of aryl methyl sites for hydroxylation is 4. The Balaban J connectivity index is 1.48. The summed E-state index contributed by atoms with van der Waals surface area (Å²) >= 11 is 0. The van der Waals surface area contributed by atoms with Crippen LogP contribution in [-0.2, 0) is 12.8 Å². The minimum Gasteiger partial charge on any atom is -0.489 e. The van der Waals surface area contributed by atoms with Crippen LogP contribution in [0.3, 0.4) is 0 Å². The maximum atomic E-state index is 6.31. The van der Waals surface area contributed by atoms with E-state index in [0.717, 1.165) is 56.4 Å². The average Bonchev–Trinajstić information content (AvgIpc) is 2.95. The zero-order valence-electron chi connectivity index (χ0n) is 25.2. The standard InChI is InChI=1S/C38H40O4/c1-25-7-11-35-31(15-25)19-32-16-26(2)8-12-36(32)40-23-30(6)24-42-38-14-10-28(4)18-34(38)20-33-17-27(3)9-13-37(33)41-22-29(5)21-39-35/h7-18H,5-6,19-24H2,1-4H3. The van der Waals surface area contributed by atoms with E-state index in [1.54, 1.807) is 0 Å². The lowest BCUT2D eigenvalue weighted by atomic mass is 9.99. The van der Waals surface area contributed by atoms with Crippen LogP contribution >= 0.6 is 0 Å². The normalized spacial score (nSPS) is 14.5. The quantitative estimate of drug-likeness (QED) is 0.202. The summed E-state index contributed by atoms with van der Waals surface area (Å²) in [7, 11) is 0. The smallest absolute Gasteiger partial charge is 0.123 e. The molecule has 4 aromatic rings. The van der Waals surface area contributed by atoms with E-state index < -0.39 is 0 Å². The largest absolute Gasteiger partial charge is 0.489 e. The highest BCUT2D eigenvalue weighted by Crippen LogP contribution is 2.31. The van der Waals surface area contributed by atoms with Crippen LogP contribution in [0.5, 0.6) is 23.0 Å². The zero-order chi connectivity index (χ0) is 29.6. The molecule has 0 aromatic heterocycles. The van der Waals surface area contributed by atoms with E-state index in [0.29, 0.717) is 39.3 Å². The first-order chi connectivity index (χ1) is 20.2. The summed E-state index contributed by atoms with van der Waals surface area (Å²) in [6, 6.07) is 25.2. The van der Waals surface area contributed by atoms with Gasteiger partial charge in [0.2, 0.25) is 0 Å². The van der Waals surface area contributed by atoms with Gasteiger partial charge in [0.1, 0.15) is 49.4 Å². The number of fused-ring (bicyclic) bond motifs is 4. The Hall–Kier alpha value is -4.44. The van der Waals surface area contributed by atoms with Gasteiger partial charge in [-0.15, -0.1) is 0 Å². The van der Waals surface area contributed by atoms with Crippen molar-refractivity contribution in [2.75, 3.05) is 26.4 Å². The van der Waals surface area contributed by atoms with Crippen molar-refractivity contribution in [3.8, 4) is 23.0 Å². The van der Waals surface area contributed by atoms with Crippen LogP contribution in [0, 0.1) is 27.7 Å². The Bertz CT molecular complexity index is 1380. The van der Waals surface area contributed by atoms with Gasteiger partial charge < -0.3 is 18.9 Å². The van der Waals surface area contributed by atoms with Crippen molar-refractivity contribution in [1.29, 1.82) is 0 Å². The van der Waals surface area contributed by atoms with Crippen LogP contribution < -0.4 is 18.9 Å². The number of rotatable bonds is 0. The predicted octanol–water partition coefficient (Wildman–Crippen LogP) is 8.44. The Morgan fingerprint density at radius 2 is 0.643 bits per heavy atom. The topological polar surface area (TPSA) is 36.9 Å². The van der Waals surface area contributed by atoms with Crippen LogP contribution in [0.4, 0.5) is 0 Å². The molecule has 4 heteroatoms. The summed E-state index contributed by atoms with van der Waals surface area (Å²) in [4.78, 5) is 0. The van der Waals surface area contributed by atoms with E-state index in [-0.39, 0.29) is 0 Å². The molecule has 42 heavy (non-hydrogen) atoms. The fourth-order valence-electron chi connectivity index (χ4n) is 5.16. The molecule has 4 nitrogen and oxygen atoms in total. The molecule has 0 bridgehead atoms. The molecule has 1 aliphatic rings. The molecule has 0 spiro atoms. The van der Waals surface area contributed by atoms with Gasteiger partial charge >= 0.3 is 0 Å². The molecular weight excluding hydrogens is 520 g/mol. The highest BCUT2D eigenvalue weighted by atomic mass is 16.5. The lowest BCUT2D eigenvalue weighted by molar-refractivity contribution is 0.295. The van der Waals surface area contributed by atoms with E-state index >= 15 is 0 Å². The van der Waals surface area contributed by atoms with Crippen molar-refractivity contribution in [2.24, 2.45) is 0 Å². The molecule has 0 aliphatic carbocycles. The number of ether oxygens (including phenoxy) is 4. The van der Waals surface area contributed by atoms with Crippen molar-refractivity contribution in [1.82, 2.24) is 0 Å². The van der Waals surface area contributed by atoms with Crippen molar-refractivity contribution in [2.45, 2.75) is 40.5 Å². The van der Waals surface area contributed by atoms with Crippen LogP contribution in [0.25, 0.3) is 0 Å². The van der Waals surface area contributed by atoms with E-state index in [2.05, 4.69) is 89.4 Å². The van der Waals surface area contributed by atoms with E-state index in [1.165, 1.54) is 22.3 Å². The summed E-state index contributed by atoms with van der Waals surface area (Å²) in [6.07, 6.45) is 1.36. The van der Waals surface area contributed by atoms with Crippen molar-refractivity contribution < 1.29 is 18.9 Å². The van der Waals surface area contributed by atoms with Gasteiger partial charge in [-0.3, -0.25) is 0 Å². The first-order valence-corrected chi connectivity index (χ1v) is 14.5. The second-order valence-corrected chi connectivity index (χ2v) is 11.5. The van der Waals surface area contributed by atoms with Crippen molar-refractivity contribution >= 4 is 0 Å². The van der Waals surface area contributed by atoms with Crippen LogP contribution in [0.1, 0.15) is 44.5 Å². The first kappa shape index (κ1) is 29.1. The molecule has 0 N–H and O–H groups in total. The Kier molecular flexibility index (Phi) is 9.02. The lowest BCUT2D eigenvalue weighted by Gasteiger charge is -2.19. The molecule has 216 valence electrons. The third-order valence-corrected chi connectivity index (χ3v) is 7.35. The van der Waals surface area contributed by atoms with Gasteiger partial charge in [-0.05, 0) is 85.4 Å². The zero-order valence-corrected chi connectivity index (χ0v) is 25.2. The van der Waals surface area contributed by atoms with Crippen LogP contribution in [-0.4, -0.2) is 26.4 Å². The highest BCUT2D eigenvalue weighted by molar-refractivity contribution is 5.47. The van der Waals surface area contributed by atoms with Gasteiger partial charge in [0.25, 0.3) is 0 Å².